The number of hydrogen-bond acceptors (Lipinski definition) is 0. The summed E-state index contributed by atoms with van der Waals surface area (Å²) in [7, 11) is 2.70. The van der Waals surface area contributed by atoms with E-state index in [1.165, 1.54) is 6.07 Å². The molecule has 0 fully saturated rings. The zero-order valence-corrected chi connectivity index (χ0v) is 11.7. The number of halogens is 4. The lowest BCUT2D eigenvalue weighted by atomic mass is 10.1. The average molecular weight is 295 g/mol. The third kappa shape index (κ3) is 2.05. The average Bonchev–Trinajstić information content (AvgIpc) is 2.52. The highest BCUT2D eigenvalue weighted by atomic mass is 35.7. The fraction of sp³-hybridized carbons (Fsp3) is 0.385. The summed E-state index contributed by atoms with van der Waals surface area (Å²) in [6, 6.07) is 6.54. The van der Waals surface area contributed by atoms with Crippen LogP contribution in [0, 0.1) is 5.92 Å². The highest BCUT2D eigenvalue weighted by Crippen LogP contribution is 2.80. The van der Waals surface area contributed by atoms with E-state index < -0.39 is 14.7 Å². The van der Waals surface area contributed by atoms with E-state index in [2.05, 4.69) is 0 Å². The molecule has 1 unspecified atom stereocenters. The lowest BCUT2D eigenvalue weighted by Gasteiger charge is -2.35. The van der Waals surface area contributed by atoms with Crippen LogP contribution >= 0.6 is 19.9 Å². The molecule has 0 aliphatic carbocycles. The third-order valence-electron chi connectivity index (χ3n) is 2.83. The van der Waals surface area contributed by atoms with Gasteiger partial charge in [0.2, 0.25) is 0 Å². The Morgan fingerprint density at radius 1 is 1.22 bits per heavy atom. The highest BCUT2D eigenvalue weighted by Gasteiger charge is 2.55. The number of benzene rings is 1. The van der Waals surface area contributed by atoms with Crippen molar-refractivity contribution < 1.29 is 13.2 Å². The maximum Gasteiger partial charge on any atom is 0.445 e. The van der Waals surface area contributed by atoms with E-state index in [0.717, 1.165) is 0 Å². The first kappa shape index (κ1) is 13.8. The Kier molecular flexibility index (Phi) is 3.45. The number of alkyl halides is 3. The number of rotatable bonds is 2. The Morgan fingerprint density at radius 2 is 1.83 bits per heavy atom. The van der Waals surface area contributed by atoms with Crippen molar-refractivity contribution >= 4 is 26.0 Å². The van der Waals surface area contributed by atoms with E-state index >= 15 is 0 Å². The SMILES string of the molecule is CC(C)CC1=Cc2ccccc2S1(Cl)C(F)(F)F. The predicted molar refractivity (Wildman–Crippen MR) is 71.6 cm³/mol. The second kappa shape index (κ2) is 4.49. The summed E-state index contributed by atoms with van der Waals surface area (Å²) < 4.78 is 40.2. The van der Waals surface area contributed by atoms with Crippen molar-refractivity contribution in [3.63, 3.8) is 0 Å². The Balaban J connectivity index is 2.56. The van der Waals surface area contributed by atoms with Gasteiger partial charge in [-0.15, -0.1) is 0 Å². The molecule has 1 aromatic rings. The van der Waals surface area contributed by atoms with Crippen LogP contribution < -0.4 is 0 Å². The fourth-order valence-corrected chi connectivity index (χ4v) is 5.24. The van der Waals surface area contributed by atoms with Crippen LogP contribution in [-0.2, 0) is 0 Å². The molecule has 1 heterocycles. The van der Waals surface area contributed by atoms with Crippen LogP contribution in [0.4, 0.5) is 13.2 Å². The number of hydrogen-bond donors (Lipinski definition) is 0. The Morgan fingerprint density at radius 3 is 2.39 bits per heavy atom. The molecule has 1 aliphatic heterocycles. The minimum atomic E-state index is -4.40. The van der Waals surface area contributed by atoms with Gasteiger partial charge in [-0.1, -0.05) is 32.0 Å². The van der Waals surface area contributed by atoms with Gasteiger partial charge in [0, 0.05) is 4.90 Å². The summed E-state index contributed by atoms with van der Waals surface area (Å²) >= 11 is 0. The first-order chi connectivity index (χ1) is 8.26. The van der Waals surface area contributed by atoms with Gasteiger partial charge in [-0.2, -0.15) is 13.2 Å². The van der Waals surface area contributed by atoms with E-state index in [0.29, 0.717) is 16.9 Å². The van der Waals surface area contributed by atoms with Crippen molar-refractivity contribution in [1.82, 2.24) is 0 Å². The van der Waals surface area contributed by atoms with E-state index in [1.807, 2.05) is 13.8 Å². The molecule has 0 amide bonds. The maximum absolute atomic E-state index is 13.4. The molecule has 0 aromatic heterocycles. The molecule has 18 heavy (non-hydrogen) atoms. The van der Waals surface area contributed by atoms with Gasteiger partial charge in [0.1, 0.15) is 0 Å². The summed E-state index contributed by atoms with van der Waals surface area (Å²) in [5.41, 5.74) is -3.79. The molecule has 0 saturated carbocycles. The number of allylic oxidation sites excluding steroid dienone is 1. The van der Waals surface area contributed by atoms with Gasteiger partial charge in [-0.3, -0.25) is 0 Å². The highest BCUT2D eigenvalue weighted by molar-refractivity contribution is 8.54. The topological polar surface area (TPSA) is 0 Å². The molecular weight excluding hydrogens is 281 g/mol. The predicted octanol–water partition coefficient (Wildman–Crippen LogP) is 5.92. The summed E-state index contributed by atoms with van der Waals surface area (Å²) in [5, 5.41) is 0. The molecule has 0 bridgehead atoms. The zero-order chi connectivity index (χ0) is 13.6. The standard InChI is InChI=1S/C13H14ClF3S/c1-9(2)7-11-8-10-5-3-4-6-12(10)18(11,14)13(15,16)17/h3-6,8-9H,7H2,1-2H3. The van der Waals surface area contributed by atoms with Crippen molar-refractivity contribution in [3.05, 3.63) is 34.7 Å². The summed E-state index contributed by atoms with van der Waals surface area (Å²) in [5.74, 6) is 0.151. The van der Waals surface area contributed by atoms with Crippen LogP contribution in [0.5, 0.6) is 0 Å². The van der Waals surface area contributed by atoms with Crippen LogP contribution in [0.2, 0.25) is 0 Å². The minimum Gasteiger partial charge on any atom is -0.160 e. The van der Waals surface area contributed by atoms with E-state index in [4.69, 9.17) is 10.7 Å². The first-order valence-corrected chi connectivity index (χ1v) is 8.11. The van der Waals surface area contributed by atoms with Crippen LogP contribution in [0.3, 0.4) is 0 Å². The zero-order valence-electron chi connectivity index (χ0n) is 10.1. The van der Waals surface area contributed by atoms with Crippen LogP contribution in [0.25, 0.3) is 6.08 Å². The van der Waals surface area contributed by atoms with Gasteiger partial charge in [0.05, 0.1) is 0 Å². The molecule has 2 rings (SSSR count). The smallest absolute Gasteiger partial charge is 0.160 e. The van der Waals surface area contributed by atoms with Crippen molar-refractivity contribution in [1.29, 1.82) is 0 Å². The number of fused-ring (bicyclic) bond motifs is 1. The normalized spacial score (nSPS) is 26.7. The molecule has 0 N–H and O–H groups in total. The van der Waals surface area contributed by atoms with Crippen LogP contribution in [0.15, 0.2) is 34.1 Å². The molecule has 1 aromatic carbocycles. The molecule has 0 radical (unpaired) electrons. The lowest BCUT2D eigenvalue weighted by molar-refractivity contribution is -0.0359. The Hall–Kier alpha value is -0.610. The monoisotopic (exact) mass is 294 g/mol. The third-order valence-corrected chi connectivity index (χ3v) is 7.07. The molecule has 5 heteroatoms. The first-order valence-electron chi connectivity index (χ1n) is 5.65. The second-order valence-corrected chi connectivity index (χ2v) is 8.62. The van der Waals surface area contributed by atoms with Gasteiger partial charge in [-0.05, 0) is 54.9 Å². The molecule has 1 atom stereocenters. The van der Waals surface area contributed by atoms with E-state index in [1.54, 1.807) is 24.3 Å². The summed E-state index contributed by atoms with van der Waals surface area (Å²) in [6.45, 7) is 3.80. The maximum atomic E-state index is 13.4. The molecule has 1 aliphatic rings. The minimum absolute atomic E-state index is 0.151. The quantitative estimate of drug-likeness (QED) is 0.634. The molecule has 0 spiro atoms. The van der Waals surface area contributed by atoms with Crippen molar-refractivity contribution in [2.75, 3.05) is 0 Å². The fourth-order valence-electron chi connectivity index (χ4n) is 2.10. The Labute approximate surface area is 111 Å². The van der Waals surface area contributed by atoms with Crippen molar-refractivity contribution in [3.8, 4) is 0 Å². The largest absolute Gasteiger partial charge is 0.445 e. The molecule has 0 saturated heterocycles. The van der Waals surface area contributed by atoms with Crippen molar-refractivity contribution in [2.24, 2.45) is 5.92 Å². The van der Waals surface area contributed by atoms with E-state index in [-0.39, 0.29) is 10.8 Å². The molecule has 0 nitrogen and oxygen atoms in total. The van der Waals surface area contributed by atoms with Gasteiger partial charge in [0.25, 0.3) is 0 Å². The van der Waals surface area contributed by atoms with Gasteiger partial charge in [0.15, 0.2) is 0 Å². The van der Waals surface area contributed by atoms with Gasteiger partial charge in [-0.25, -0.2) is 0 Å². The van der Waals surface area contributed by atoms with Crippen LogP contribution in [-0.4, -0.2) is 5.51 Å². The summed E-state index contributed by atoms with van der Waals surface area (Å²) in [6.07, 6.45) is 2.00. The molecule has 100 valence electrons. The Bertz CT molecular complexity index is 493. The summed E-state index contributed by atoms with van der Waals surface area (Å²) in [4.78, 5) is 0.558. The van der Waals surface area contributed by atoms with Crippen LogP contribution in [0.1, 0.15) is 25.8 Å². The van der Waals surface area contributed by atoms with Gasteiger partial charge < -0.3 is 0 Å². The van der Waals surface area contributed by atoms with Crippen molar-refractivity contribution in [2.45, 2.75) is 30.7 Å². The lowest BCUT2D eigenvalue weighted by Crippen LogP contribution is -2.16. The van der Waals surface area contributed by atoms with E-state index in [9.17, 15) is 13.2 Å². The van der Waals surface area contributed by atoms with Gasteiger partial charge >= 0.3 is 5.51 Å². The second-order valence-electron chi connectivity index (χ2n) is 4.73. The molecular formula is C13H14ClF3S.